The molecule has 0 aliphatic carbocycles. The van der Waals surface area contributed by atoms with Crippen LogP contribution in [-0.2, 0) is 6.42 Å². The van der Waals surface area contributed by atoms with Crippen LogP contribution in [0, 0.1) is 0 Å². The van der Waals surface area contributed by atoms with Crippen LogP contribution in [0.3, 0.4) is 0 Å². The predicted molar refractivity (Wildman–Crippen MR) is 89.4 cm³/mol. The monoisotopic (exact) mass is 332 g/mol. The van der Waals surface area contributed by atoms with Crippen molar-refractivity contribution in [2.75, 3.05) is 7.11 Å². The molecule has 1 atom stereocenters. The molecule has 6 nitrogen and oxygen atoms in total. The van der Waals surface area contributed by atoms with Crippen LogP contribution in [0.4, 0.5) is 0 Å². The number of benzene rings is 1. The number of hydrogen-bond donors (Lipinski definition) is 2. The molecule has 3 aromatic rings. The number of fused-ring (bicyclic) bond motifs is 2. The molecule has 0 radical (unpaired) electrons. The number of ether oxygens (including phenoxy) is 1. The van der Waals surface area contributed by atoms with Crippen LogP contribution in [0.15, 0.2) is 38.1 Å². The molecule has 0 saturated heterocycles. The van der Waals surface area contributed by atoms with Crippen molar-refractivity contribution < 1.29 is 23.8 Å². The van der Waals surface area contributed by atoms with Gasteiger partial charge in [-0.15, -0.1) is 0 Å². The average molecular weight is 332 g/mol. The standard InChI is InChI=1S/C18H20O6/c1-18(2,21)13(19)6-4-11-16-12(8-9-23-16)15(22-3)10-5-7-14(20)24-17(10)11/h5,7-9,13,19,21H,4,6H2,1-3H3. The first-order valence-electron chi connectivity index (χ1n) is 7.73. The fraction of sp³-hybridized carbons (Fsp3) is 0.389. The Balaban J connectivity index is 2.19. The van der Waals surface area contributed by atoms with Crippen LogP contribution in [0.5, 0.6) is 5.75 Å². The summed E-state index contributed by atoms with van der Waals surface area (Å²) in [4.78, 5) is 11.7. The van der Waals surface area contributed by atoms with Gasteiger partial charge in [0.05, 0.1) is 35.9 Å². The summed E-state index contributed by atoms with van der Waals surface area (Å²) in [7, 11) is 1.55. The lowest BCUT2D eigenvalue weighted by molar-refractivity contribution is -0.0509. The minimum Gasteiger partial charge on any atom is -0.495 e. The van der Waals surface area contributed by atoms with Crippen molar-refractivity contribution >= 4 is 21.9 Å². The highest BCUT2D eigenvalue weighted by atomic mass is 16.5. The number of methoxy groups -OCH3 is 1. The Morgan fingerprint density at radius 2 is 1.92 bits per heavy atom. The van der Waals surface area contributed by atoms with Crippen molar-refractivity contribution in [1.82, 2.24) is 0 Å². The molecular formula is C18H20O6. The summed E-state index contributed by atoms with van der Waals surface area (Å²) in [5.41, 5.74) is -0.0845. The second kappa shape index (κ2) is 5.96. The Labute approximate surface area is 138 Å². The molecule has 0 aliphatic heterocycles. The fourth-order valence-electron chi connectivity index (χ4n) is 2.87. The largest absolute Gasteiger partial charge is 0.495 e. The summed E-state index contributed by atoms with van der Waals surface area (Å²) in [5, 5.41) is 21.4. The van der Waals surface area contributed by atoms with E-state index in [1.807, 2.05) is 0 Å². The van der Waals surface area contributed by atoms with Crippen LogP contribution in [0.1, 0.15) is 25.8 Å². The van der Waals surface area contributed by atoms with Gasteiger partial charge in [0.1, 0.15) is 16.9 Å². The van der Waals surface area contributed by atoms with Crippen LogP contribution >= 0.6 is 0 Å². The van der Waals surface area contributed by atoms with Crippen molar-refractivity contribution in [1.29, 1.82) is 0 Å². The van der Waals surface area contributed by atoms with Gasteiger partial charge in [0.25, 0.3) is 0 Å². The Kier molecular flexibility index (Phi) is 4.11. The van der Waals surface area contributed by atoms with Gasteiger partial charge in [-0.25, -0.2) is 4.79 Å². The topological polar surface area (TPSA) is 93.0 Å². The number of hydrogen-bond acceptors (Lipinski definition) is 6. The molecule has 3 rings (SSSR count). The maximum atomic E-state index is 11.7. The zero-order valence-electron chi connectivity index (χ0n) is 13.8. The van der Waals surface area contributed by atoms with Crippen molar-refractivity contribution in [2.24, 2.45) is 0 Å². The maximum Gasteiger partial charge on any atom is 0.336 e. The average Bonchev–Trinajstić information content (AvgIpc) is 2.99. The summed E-state index contributed by atoms with van der Waals surface area (Å²) in [5.74, 6) is 0.573. The van der Waals surface area contributed by atoms with Gasteiger partial charge in [0, 0.05) is 11.6 Å². The molecule has 128 valence electrons. The number of aryl methyl sites for hydroxylation is 1. The SMILES string of the molecule is COc1c2ccoc2c(CCC(O)C(C)(C)O)c2oc(=O)ccc12. The maximum absolute atomic E-state index is 11.7. The summed E-state index contributed by atoms with van der Waals surface area (Å²) < 4.78 is 16.4. The fourth-order valence-corrected chi connectivity index (χ4v) is 2.87. The third kappa shape index (κ3) is 2.79. The van der Waals surface area contributed by atoms with E-state index in [1.165, 1.54) is 6.07 Å². The Morgan fingerprint density at radius 1 is 1.21 bits per heavy atom. The quantitative estimate of drug-likeness (QED) is 0.698. The van der Waals surface area contributed by atoms with Gasteiger partial charge in [0.15, 0.2) is 0 Å². The zero-order valence-corrected chi connectivity index (χ0v) is 13.8. The van der Waals surface area contributed by atoms with Crippen LogP contribution in [-0.4, -0.2) is 29.0 Å². The summed E-state index contributed by atoms with van der Waals surface area (Å²) in [6, 6.07) is 4.78. The van der Waals surface area contributed by atoms with Gasteiger partial charge in [-0.3, -0.25) is 0 Å². The molecule has 24 heavy (non-hydrogen) atoms. The van der Waals surface area contributed by atoms with Crippen molar-refractivity contribution in [3.8, 4) is 5.75 Å². The first-order valence-corrected chi connectivity index (χ1v) is 7.73. The van der Waals surface area contributed by atoms with Crippen LogP contribution < -0.4 is 10.4 Å². The van der Waals surface area contributed by atoms with E-state index in [0.717, 1.165) is 5.39 Å². The molecule has 2 heterocycles. The van der Waals surface area contributed by atoms with Gasteiger partial charge < -0.3 is 23.8 Å². The Bertz CT molecular complexity index is 928. The second-order valence-corrected chi connectivity index (χ2v) is 6.38. The lowest BCUT2D eigenvalue weighted by Crippen LogP contribution is -2.36. The molecule has 0 bridgehead atoms. The highest BCUT2D eigenvalue weighted by Gasteiger charge is 2.26. The third-order valence-electron chi connectivity index (χ3n) is 4.22. The van der Waals surface area contributed by atoms with Gasteiger partial charge >= 0.3 is 5.63 Å². The van der Waals surface area contributed by atoms with E-state index in [4.69, 9.17) is 13.6 Å². The lowest BCUT2D eigenvalue weighted by Gasteiger charge is -2.24. The molecule has 1 unspecified atom stereocenters. The normalized spacial score (nSPS) is 13.5. The van der Waals surface area contributed by atoms with E-state index >= 15 is 0 Å². The van der Waals surface area contributed by atoms with Crippen molar-refractivity contribution in [3.05, 3.63) is 40.4 Å². The molecule has 0 saturated carbocycles. The molecule has 0 fully saturated rings. The predicted octanol–water partition coefficient (Wildman–Crippen LogP) is 2.61. The van der Waals surface area contributed by atoms with Gasteiger partial charge in [-0.2, -0.15) is 0 Å². The number of aliphatic hydroxyl groups excluding tert-OH is 1. The molecule has 2 N–H and O–H groups in total. The van der Waals surface area contributed by atoms with Crippen LogP contribution in [0.2, 0.25) is 0 Å². The van der Waals surface area contributed by atoms with E-state index in [0.29, 0.717) is 40.7 Å². The lowest BCUT2D eigenvalue weighted by atomic mass is 9.94. The van der Waals surface area contributed by atoms with E-state index in [2.05, 4.69) is 0 Å². The first-order chi connectivity index (χ1) is 11.3. The van der Waals surface area contributed by atoms with E-state index in [1.54, 1.807) is 39.4 Å². The van der Waals surface area contributed by atoms with Gasteiger partial charge in [-0.1, -0.05) is 0 Å². The third-order valence-corrected chi connectivity index (χ3v) is 4.22. The van der Waals surface area contributed by atoms with E-state index in [-0.39, 0.29) is 0 Å². The minimum absolute atomic E-state index is 0.291. The summed E-state index contributed by atoms with van der Waals surface area (Å²) >= 11 is 0. The van der Waals surface area contributed by atoms with E-state index < -0.39 is 17.3 Å². The second-order valence-electron chi connectivity index (χ2n) is 6.38. The summed E-state index contributed by atoms with van der Waals surface area (Å²) in [6.07, 6.45) is 1.29. The highest BCUT2D eigenvalue weighted by molar-refractivity contribution is 6.04. The smallest absolute Gasteiger partial charge is 0.336 e. The van der Waals surface area contributed by atoms with Gasteiger partial charge in [0.2, 0.25) is 0 Å². The highest BCUT2D eigenvalue weighted by Crippen LogP contribution is 2.39. The molecular weight excluding hydrogens is 312 g/mol. The first kappa shape index (κ1) is 16.5. The molecule has 0 aliphatic rings. The number of aliphatic hydroxyl groups is 2. The molecule has 0 amide bonds. The van der Waals surface area contributed by atoms with Crippen molar-refractivity contribution in [3.63, 3.8) is 0 Å². The molecule has 0 spiro atoms. The molecule has 6 heteroatoms. The van der Waals surface area contributed by atoms with Gasteiger partial charge in [-0.05, 0) is 38.8 Å². The minimum atomic E-state index is -1.22. The zero-order chi connectivity index (χ0) is 17.5. The molecule has 2 aromatic heterocycles. The van der Waals surface area contributed by atoms with Crippen LogP contribution in [0.25, 0.3) is 21.9 Å². The molecule has 1 aromatic carbocycles. The summed E-state index contributed by atoms with van der Waals surface area (Å²) in [6.45, 7) is 3.10. The Morgan fingerprint density at radius 3 is 2.58 bits per heavy atom. The van der Waals surface area contributed by atoms with E-state index in [9.17, 15) is 15.0 Å². The van der Waals surface area contributed by atoms with Crippen molar-refractivity contribution in [2.45, 2.75) is 38.4 Å². The number of rotatable bonds is 5. The number of furan rings is 1. The Hall–Kier alpha value is -2.31.